The molecular weight excluding hydrogens is 372 g/mol. The number of aromatic nitrogens is 1. The van der Waals surface area contributed by atoms with Crippen molar-refractivity contribution in [1.82, 2.24) is 4.98 Å². The summed E-state index contributed by atoms with van der Waals surface area (Å²) in [5, 5.41) is 2.68. The summed E-state index contributed by atoms with van der Waals surface area (Å²) in [7, 11) is -1.79. The second kappa shape index (κ2) is 7.05. The molecule has 0 aliphatic carbocycles. The number of amides is 1. The van der Waals surface area contributed by atoms with Crippen LogP contribution in [-0.4, -0.2) is 31.7 Å². The Hall–Kier alpha value is -2.45. The van der Waals surface area contributed by atoms with E-state index in [9.17, 15) is 13.2 Å². The fourth-order valence-electron chi connectivity index (χ4n) is 2.38. The summed E-state index contributed by atoms with van der Waals surface area (Å²) in [5.74, 6) is 0.291. The van der Waals surface area contributed by atoms with Gasteiger partial charge in [0.05, 0.1) is 22.0 Å². The third-order valence-corrected chi connectivity index (χ3v) is 6.99. The van der Waals surface area contributed by atoms with Crippen molar-refractivity contribution >= 4 is 42.4 Å². The van der Waals surface area contributed by atoms with Crippen LogP contribution in [0.3, 0.4) is 0 Å². The molecule has 0 bridgehead atoms. The molecule has 0 aliphatic rings. The Labute approximate surface area is 155 Å². The van der Waals surface area contributed by atoms with Gasteiger partial charge in [-0.15, -0.1) is 0 Å². The third-order valence-electron chi connectivity index (χ3n) is 3.89. The van der Waals surface area contributed by atoms with E-state index in [1.54, 1.807) is 21.0 Å². The van der Waals surface area contributed by atoms with Crippen LogP contribution in [0.2, 0.25) is 0 Å². The van der Waals surface area contributed by atoms with E-state index in [0.29, 0.717) is 22.0 Å². The second-order valence-electron chi connectivity index (χ2n) is 5.90. The number of fused-ring (bicyclic) bond motifs is 1. The number of carbonyl (C=O) groups is 1. The molecule has 0 saturated heterocycles. The number of nitrogens with zero attached hydrogens (tertiary/aromatic N) is 1. The van der Waals surface area contributed by atoms with Gasteiger partial charge in [0.2, 0.25) is 0 Å². The predicted octanol–water partition coefficient (Wildman–Crippen LogP) is 3.74. The Morgan fingerprint density at radius 1 is 1.15 bits per heavy atom. The van der Waals surface area contributed by atoms with Gasteiger partial charge in [-0.2, -0.15) is 0 Å². The molecule has 0 aliphatic heterocycles. The molecule has 0 unspecified atom stereocenters. The highest BCUT2D eigenvalue weighted by Gasteiger charge is 2.19. The van der Waals surface area contributed by atoms with Crippen molar-refractivity contribution < 1.29 is 17.9 Å². The van der Waals surface area contributed by atoms with Gasteiger partial charge in [0.15, 0.2) is 15.0 Å². The number of para-hydroxylation sites is 1. The average Bonchev–Trinajstić information content (AvgIpc) is 3.03. The smallest absolute Gasteiger partial charge is 0.257 e. The standard InChI is InChI=1S/C18H18N2O4S2/c1-11(2)26(22,23)13-9-7-12(8-10-13)17(21)20-18-19-16-14(24-3)5-4-6-15(16)25-18/h4-11H,1-3H3,(H,19,20,21). The van der Waals surface area contributed by atoms with E-state index in [1.807, 2.05) is 18.2 Å². The summed E-state index contributed by atoms with van der Waals surface area (Å²) < 4.78 is 30.5. The number of carbonyl (C=O) groups excluding carboxylic acids is 1. The number of hydrogen-bond donors (Lipinski definition) is 1. The molecule has 0 radical (unpaired) electrons. The summed E-state index contributed by atoms with van der Waals surface area (Å²) in [4.78, 5) is 17.0. The lowest BCUT2D eigenvalue weighted by atomic mass is 10.2. The Balaban J connectivity index is 1.82. The van der Waals surface area contributed by atoms with Crippen molar-refractivity contribution in [2.45, 2.75) is 24.0 Å². The molecular formula is C18H18N2O4S2. The first kappa shape index (κ1) is 18.3. The molecule has 136 valence electrons. The maximum absolute atomic E-state index is 12.4. The Morgan fingerprint density at radius 3 is 2.46 bits per heavy atom. The van der Waals surface area contributed by atoms with Crippen molar-refractivity contribution in [3.05, 3.63) is 48.0 Å². The first-order valence-corrected chi connectivity index (χ1v) is 10.3. The lowest BCUT2D eigenvalue weighted by molar-refractivity contribution is 0.102. The number of sulfone groups is 1. The molecule has 0 atom stereocenters. The van der Waals surface area contributed by atoms with Crippen molar-refractivity contribution in [1.29, 1.82) is 0 Å². The minimum absolute atomic E-state index is 0.203. The molecule has 26 heavy (non-hydrogen) atoms. The van der Waals surface area contributed by atoms with Crippen LogP contribution in [0.25, 0.3) is 10.2 Å². The molecule has 6 nitrogen and oxygen atoms in total. The first-order valence-electron chi connectivity index (χ1n) is 7.92. The molecule has 0 spiro atoms. The minimum Gasteiger partial charge on any atom is -0.494 e. The van der Waals surface area contributed by atoms with Gasteiger partial charge < -0.3 is 4.74 Å². The topological polar surface area (TPSA) is 85.4 Å². The molecule has 1 N–H and O–H groups in total. The Morgan fingerprint density at radius 2 is 1.85 bits per heavy atom. The van der Waals surface area contributed by atoms with E-state index in [0.717, 1.165) is 4.70 Å². The zero-order chi connectivity index (χ0) is 18.9. The zero-order valence-corrected chi connectivity index (χ0v) is 16.1. The summed E-state index contributed by atoms with van der Waals surface area (Å²) >= 11 is 1.34. The second-order valence-corrected chi connectivity index (χ2v) is 9.43. The largest absolute Gasteiger partial charge is 0.494 e. The number of anilines is 1. The number of rotatable bonds is 5. The predicted molar refractivity (Wildman–Crippen MR) is 103 cm³/mol. The molecule has 8 heteroatoms. The highest BCUT2D eigenvalue weighted by atomic mass is 32.2. The number of benzene rings is 2. The highest BCUT2D eigenvalue weighted by Crippen LogP contribution is 2.32. The van der Waals surface area contributed by atoms with E-state index in [2.05, 4.69) is 10.3 Å². The average molecular weight is 390 g/mol. The zero-order valence-electron chi connectivity index (χ0n) is 14.5. The van der Waals surface area contributed by atoms with Crippen molar-refractivity contribution in [3.8, 4) is 5.75 Å². The van der Waals surface area contributed by atoms with Gasteiger partial charge in [-0.25, -0.2) is 13.4 Å². The van der Waals surface area contributed by atoms with E-state index in [1.165, 1.54) is 35.6 Å². The summed E-state index contributed by atoms with van der Waals surface area (Å²) in [6.45, 7) is 3.24. The fourth-order valence-corrected chi connectivity index (χ4v) is 4.32. The van der Waals surface area contributed by atoms with Crippen LogP contribution >= 0.6 is 11.3 Å². The van der Waals surface area contributed by atoms with E-state index < -0.39 is 15.1 Å². The lowest BCUT2D eigenvalue weighted by Crippen LogP contribution is -2.15. The maximum atomic E-state index is 12.4. The molecule has 0 fully saturated rings. The van der Waals surface area contributed by atoms with Gasteiger partial charge in [0.1, 0.15) is 11.3 Å². The number of thiazole rings is 1. The number of ether oxygens (including phenoxy) is 1. The van der Waals surface area contributed by atoms with Gasteiger partial charge in [-0.1, -0.05) is 17.4 Å². The minimum atomic E-state index is -3.36. The van der Waals surface area contributed by atoms with Crippen LogP contribution in [0, 0.1) is 0 Å². The van der Waals surface area contributed by atoms with Crippen LogP contribution < -0.4 is 10.1 Å². The van der Waals surface area contributed by atoms with Crippen molar-refractivity contribution in [2.24, 2.45) is 0 Å². The molecule has 3 aromatic rings. The first-order chi connectivity index (χ1) is 12.3. The van der Waals surface area contributed by atoms with Gasteiger partial charge in [0, 0.05) is 5.56 Å². The fraction of sp³-hybridized carbons (Fsp3) is 0.222. The van der Waals surface area contributed by atoms with Crippen LogP contribution in [0.5, 0.6) is 5.75 Å². The Bertz CT molecular complexity index is 1050. The summed E-state index contributed by atoms with van der Waals surface area (Å²) in [5.41, 5.74) is 1.05. The normalized spacial score (nSPS) is 11.7. The molecule has 1 heterocycles. The summed E-state index contributed by atoms with van der Waals surface area (Å²) in [6, 6.07) is 11.5. The third kappa shape index (κ3) is 3.42. The molecule has 2 aromatic carbocycles. The van der Waals surface area contributed by atoms with Gasteiger partial charge >= 0.3 is 0 Å². The van der Waals surface area contributed by atoms with E-state index in [4.69, 9.17) is 4.74 Å². The van der Waals surface area contributed by atoms with Crippen LogP contribution in [0.15, 0.2) is 47.4 Å². The molecule has 1 amide bonds. The number of nitrogens with one attached hydrogen (secondary N) is 1. The SMILES string of the molecule is COc1cccc2sc(NC(=O)c3ccc(S(=O)(=O)C(C)C)cc3)nc12. The number of hydrogen-bond acceptors (Lipinski definition) is 6. The summed E-state index contributed by atoms with van der Waals surface area (Å²) in [6.07, 6.45) is 0. The number of methoxy groups -OCH3 is 1. The van der Waals surface area contributed by atoms with E-state index >= 15 is 0 Å². The van der Waals surface area contributed by atoms with Gasteiger partial charge in [0.25, 0.3) is 5.91 Å². The van der Waals surface area contributed by atoms with Crippen molar-refractivity contribution in [3.63, 3.8) is 0 Å². The van der Waals surface area contributed by atoms with E-state index in [-0.39, 0.29) is 10.8 Å². The lowest BCUT2D eigenvalue weighted by Gasteiger charge is -2.08. The monoisotopic (exact) mass is 390 g/mol. The highest BCUT2D eigenvalue weighted by molar-refractivity contribution is 7.92. The molecule has 0 saturated carbocycles. The van der Waals surface area contributed by atoms with Crippen LogP contribution in [0.1, 0.15) is 24.2 Å². The van der Waals surface area contributed by atoms with Gasteiger partial charge in [-0.05, 0) is 50.2 Å². The molecule has 1 aromatic heterocycles. The maximum Gasteiger partial charge on any atom is 0.257 e. The van der Waals surface area contributed by atoms with Crippen LogP contribution in [0.4, 0.5) is 5.13 Å². The Kier molecular flexibility index (Phi) is 4.97. The quantitative estimate of drug-likeness (QED) is 0.717. The molecule has 3 rings (SSSR count). The van der Waals surface area contributed by atoms with Crippen LogP contribution in [-0.2, 0) is 9.84 Å². The van der Waals surface area contributed by atoms with Gasteiger partial charge in [-0.3, -0.25) is 10.1 Å². The van der Waals surface area contributed by atoms with Crippen molar-refractivity contribution in [2.75, 3.05) is 12.4 Å².